The number of nitrogens with zero attached hydrogens (tertiary/aromatic N) is 3. The molecular weight excluding hydrogens is 378 g/mol. The molecule has 3 heterocycles. The number of aromatic nitrogens is 4. The maximum Gasteiger partial charge on any atom is 0.262 e. The highest BCUT2D eigenvalue weighted by atomic mass is 32.2. The molecule has 1 saturated heterocycles. The molecule has 28 heavy (non-hydrogen) atoms. The second kappa shape index (κ2) is 8.15. The quantitative estimate of drug-likeness (QED) is 0.485. The minimum absolute atomic E-state index is 0.0932. The molecular formula is C19H21N5O3S. The van der Waals surface area contributed by atoms with Crippen molar-refractivity contribution in [3.8, 4) is 5.69 Å². The topological polar surface area (TPSA) is 102 Å². The van der Waals surface area contributed by atoms with E-state index < -0.39 is 5.25 Å². The van der Waals surface area contributed by atoms with Crippen molar-refractivity contribution < 1.29 is 9.53 Å². The summed E-state index contributed by atoms with van der Waals surface area (Å²) >= 11 is 1.21. The number of aromatic amines is 1. The molecule has 0 saturated carbocycles. The Morgan fingerprint density at radius 2 is 2.25 bits per heavy atom. The van der Waals surface area contributed by atoms with Gasteiger partial charge in [0.1, 0.15) is 5.39 Å². The predicted octanol–water partition coefficient (Wildman–Crippen LogP) is 1.88. The number of carbonyl (C=O) groups excluding carboxylic acids is 1. The molecule has 3 aromatic rings. The normalized spacial score (nSPS) is 17.7. The van der Waals surface area contributed by atoms with Gasteiger partial charge in [-0.3, -0.25) is 9.59 Å². The number of thioether (sulfide) groups is 1. The third-order valence-electron chi connectivity index (χ3n) is 4.60. The number of H-pyrrole nitrogens is 1. The summed E-state index contributed by atoms with van der Waals surface area (Å²) in [5.74, 6) is -0.111. The van der Waals surface area contributed by atoms with E-state index in [0.717, 1.165) is 25.1 Å². The molecule has 9 heteroatoms. The lowest BCUT2D eigenvalue weighted by Crippen LogP contribution is -2.36. The molecule has 1 fully saturated rings. The number of fused-ring (bicyclic) bond motifs is 1. The van der Waals surface area contributed by atoms with Gasteiger partial charge in [0.25, 0.3) is 5.56 Å². The highest BCUT2D eigenvalue weighted by Crippen LogP contribution is 2.21. The molecule has 1 aromatic carbocycles. The fourth-order valence-electron chi connectivity index (χ4n) is 3.10. The molecule has 2 atom stereocenters. The van der Waals surface area contributed by atoms with Gasteiger partial charge < -0.3 is 15.0 Å². The summed E-state index contributed by atoms with van der Waals surface area (Å²) in [6.45, 7) is 3.05. The molecule has 0 radical (unpaired) electrons. The largest absolute Gasteiger partial charge is 0.376 e. The Balaban J connectivity index is 1.52. The number of hydrogen-bond donors (Lipinski definition) is 2. The van der Waals surface area contributed by atoms with E-state index in [1.165, 1.54) is 18.0 Å². The lowest BCUT2D eigenvalue weighted by atomic mass is 10.2. The highest BCUT2D eigenvalue weighted by molar-refractivity contribution is 8.00. The van der Waals surface area contributed by atoms with Crippen molar-refractivity contribution >= 4 is 28.7 Å². The van der Waals surface area contributed by atoms with Gasteiger partial charge in [0.05, 0.1) is 23.2 Å². The minimum atomic E-state index is -0.407. The second-order valence-corrected chi connectivity index (χ2v) is 7.97. The third kappa shape index (κ3) is 3.95. The SMILES string of the molecule is C[C@@H](Sc1nc2c(cnn2-c2ccccc2)c(=O)[nH]1)C(=O)NC[C@@H]1CCCO1. The van der Waals surface area contributed by atoms with Crippen LogP contribution >= 0.6 is 11.8 Å². The molecule has 1 aliphatic heterocycles. The van der Waals surface area contributed by atoms with E-state index in [0.29, 0.717) is 22.7 Å². The van der Waals surface area contributed by atoms with Gasteiger partial charge in [0.15, 0.2) is 10.8 Å². The minimum Gasteiger partial charge on any atom is -0.376 e. The van der Waals surface area contributed by atoms with Crippen LogP contribution in [0.2, 0.25) is 0 Å². The summed E-state index contributed by atoms with van der Waals surface area (Å²) in [5, 5.41) is 7.58. The maximum atomic E-state index is 12.4. The highest BCUT2D eigenvalue weighted by Gasteiger charge is 2.21. The summed E-state index contributed by atoms with van der Waals surface area (Å²) in [7, 11) is 0. The summed E-state index contributed by atoms with van der Waals surface area (Å²) in [6.07, 6.45) is 3.60. The first-order valence-electron chi connectivity index (χ1n) is 9.21. The molecule has 1 aliphatic rings. The number of ether oxygens (including phenoxy) is 1. The van der Waals surface area contributed by atoms with Gasteiger partial charge in [-0.2, -0.15) is 5.10 Å². The van der Waals surface area contributed by atoms with E-state index >= 15 is 0 Å². The van der Waals surface area contributed by atoms with Gasteiger partial charge in [-0.15, -0.1) is 0 Å². The third-order valence-corrected chi connectivity index (χ3v) is 5.59. The van der Waals surface area contributed by atoms with Crippen molar-refractivity contribution in [3.63, 3.8) is 0 Å². The first-order valence-corrected chi connectivity index (χ1v) is 10.1. The van der Waals surface area contributed by atoms with Crippen molar-refractivity contribution in [2.75, 3.05) is 13.2 Å². The number of hydrogen-bond acceptors (Lipinski definition) is 6. The van der Waals surface area contributed by atoms with Crippen LogP contribution in [0, 0.1) is 0 Å². The van der Waals surface area contributed by atoms with Crippen molar-refractivity contribution in [1.29, 1.82) is 0 Å². The van der Waals surface area contributed by atoms with Gasteiger partial charge in [-0.05, 0) is 31.9 Å². The van der Waals surface area contributed by atoms with Gasteiger partial charge in [-0.1, -0.05) is 30.0 Å². The van der Waals surface area contributed by atoms with Crippen LogP contribution in [0.1, 0.15) is 19.8 Å². The average molecular weight is 399 g/mol. The zero-order chi connectivity index (χ0) is 19.5. The number of carbonyl (C=O) groups is 1. The Kier molecular flexibility index (Phi) is 5.45. The maximum absolute atomic E-state index is 12.4. The zero-order valence-corrected chi connectivity index (χ0v) is 16.2. The van der Waals surface area contributed by atoms with E-state index in [1.807, 2.05) is 30.3 Å². The van der Waals surface area contributed by atoms with E-state index in [-0.39, 0.29) is 17.6 Å². The molecule has 4 rings (SSSR count). The van der Waals surface area contributed by atoms with Gasteiger partial charge >= 0.3 is 0 Å². The van der Waals surface area contributed by atoms with Crippen LogP contribution in [0.5, 0.6) is 0 Å². The van der Waals surface area contributed by atoms with Crippen LogP contribution < -0.4 is 10.9 Å². The molecule has 8 nitrogen and oxygen atoms in total. The van der Waals surface area contributed by atoms with Gasteiger partial charge in [-0.25, -0.2) is 9.67 Å². The van der Waals surface area contributed by atoms with E-state index in [9.17, 15) is 9.59 Å². The summed E-state index contributed by atoms with van der Waals surface area (Å²) in [5.41, 5.74) is 1.000. The molecule has 2 N–H and O–H groups in total. The van der Waals surface area contributed by atoms with E-state index in [2.05, 4.69) is 20.4 Å². The molecule has 0 unspecified atom stereocenters. The van der Waals surface area contributed by atoms with Crippen LogP contribution in [0.15, 0.2) is 46.5 Å². The van der Waals surface area contributed by atoms with E-state index in [1.54, 1.807) is 11.6 Å². The standard InChI is InChI=1S/C19H21N5O3S/c1-12(17(25)20-10-14-8-5-9-27-14)28-19-22-16-15(18(26)23-19)11-21-24(16)13-6-3-2-4-7-13/h2-4,6-7,11-12,14H,5,8-10H2,1H3,(H,20,25)(H,22,23,26)/t12-,14+/m1/s1. The first kappa shape index (κ1) is 18.7. The molecule has 0 spiro atoms. The Morgan fingerprint density at radius 3 is 3.00 bits per heavy atom. The van der Waals surface area contributed by atoms with Crippen LogP contribution in [0.3, 0.4) is 0 Å². The van der Waals surface area contributed by atoms with Crippen LogP contribution in [-0.4, -0.2) is 50.2 Å². The van der Waals surface area contributed by atoms with Crippen LogP contribution in [0.25, 0.3) is 16.7 Å². The Morgan fingerprint density at radius 1 is 1.43 bits per heavy atom. The smallest absolute Gasteiger partial charge is 0.262 e. The number of amides is 1. The van der Waals surface area contributed by atoms with Crippen LogP contribution in [0.4, 0.5) is 0 Å². The summed E-state index contributed by atoms with van der Waals surface area (Å²) in [4.78, 5) is 32.1. The predicted molar refractivity (Wildman–Crippen MR) is 107 cm³/mol. The van der Waals surface area contributed by atoms with Crippen molar-refractivity contribution in [3.05, 3.63) is 46.9 Å². The molecule has 1 amide bonds. The number of nitrogens with one attached hydrogen (secondary N) is 2. The van der Waals surface area contributed by atoms with Crippen LogP contribution in [-0.2, 0) is 9.53 Å². The summed E-state index contributed by atoms with van der Waals surface area (Å²) < 4.78 is 7.14. The Labute approximate surface area is 165 Å². The fraction of sp³-hybridized carbons (Fsp3) is 0.368. The van der Waals surface area contributed by atoms with Crippen molar-refractivity contribution in [2.24, 2.45) is 0 Å². The molecule has 146 valence electrons. The van der Waals surface area contributed by atoms with Crippen molar-refractivity contribution in [2.45, 2.75) is 36.3 Å². The lowest BCUT2D eigenvalue weighted by molar-refractivity contribution is -0.120. The summed E-state index contributed by atoms with van der Waals surface area (Å²) in [6, 6.07) is 9.48. The zero-order valence-electron chi connectivity index (χ0n) is 15.4. The van der Waals surface area contributed by atoms with Crippen molar-refractivity contribution in [1.82, 2.24) is 25.1 Å². The molecule has 0 aliphatic carbocycles. The number of benzene rings is 1. The molecule has 2 aromatic heterocycles. The monoisotopic (exact) mass is 399 g/mol. The fourth-order valence-corrected chi connectivity index (χ4v) is 3.91. The van der Waals surface area contributed by atoms with Gasteiger partial charge in [0, 0.05) is 13.2 Å². The Bertz CT molecular complexity index is 1030. The second-order valence-electron chi connectivity index (χ2n) is 6.64. The average Bonchev–Trinajstić information content (AvgIpc) is 3.36. The van der Waals surface area contributed by atoms with Gasteiger partial charge in [0.2, 0.25) is 5.91 Å². The number of para-hydroxylation sites is 1. The lowest BCUT2D eigenvalue weighted by Gasteiger charge is -2.14. The number of rotatable bonds is 6. The first-order chi connectivity index (χ1) is 13.6. The van der Waals surface area contributed by atoms with E-state index in [4.69, 9.17) is 4.74 Å². The Hall–Kier alpha value is -2.65. The molecule has 0 bridgehead atoms.